The van der Waals surface area contributed by atoms with Crippen molar-refractivity contribution in [3.05, 3.63) is 70.7 Å². The lowest BCUT2D eigenvalue weighted by molar-refractivity contribution is -0.306. The molecule has 5 nitrogen and oxygen atoms in total. The summed E-state index contributed by atoms with van der Waals surface area (Å²) in [4.78, 5) is 4.01. The van der Waals surface area contributed by atoms with Gasteiger partial charge in [0.25, 0.3) is 0 Å². The van der Waals surface area contributed by atoms with E-state index in [0.29, 0.717) is 23.2 Å². The quantitative estimate of drug-likeness (QED) is 0.619. The molecule has 0 N–H and O–H groups in total. The zero-order valence-electron chi connectivity index (χ0n) is 14.8. The highest BCUT2D eigenvalue weighted by Crippen LogP contribution is 2.40. The molecule has 140 valence electrons. The molecule has 0 saturated carbocycles. The second-order valence-electron chi connectivity index (χ2n) is 6.61. The first-order valence-corrected chi connectivity index (χ1v) is 9.51. The zero-order chi connectivity index (χ0) is 18.9. The third-order valence-corrected chi connectivity index (χ3v) is 5.21. The Hall–Kier alpha value is -1.92. The second kappa shape index (κ2) is 7.60. The number of benzene rings is 2. The highest BCUT2D eigenvalue weighted by molar-refractivity contribution is 6.32. The predicted octanol–water partition coefficient (Wildman–Crippen LogP) is 4.93. The van der Waals surface area contributed by atoms with Crippen molar-refractivity contribution < 1.29 is 9.47 Å². The van der Waals surface area contributed by atoms with Crippen LogP contribution in [0.1, 0.15) is 18.9 Å². The Bertz CT molecular complexity index is 915. The van der Waals surface area contributed by atoms with Crippen LogP contribution in [-0.2, 0) is 21.8 Å². The van der Waals surface area contributed by atoms with E-state index in [4.69, 9.17) is 32.7 Å². The van der Waals surface area contributed by atoms with Gasteiger partial charge in [-0.2, -0.15) is 5.10 Å². The van der Waals surface area contributed by atoms with Gasteiger partial charge in [-0.15, -0.1) is 0 Å². The molecule has 0 aliphatic carbocycles. The summed E-state index contributed by atoms with van der Waals surface area (Å²) in [7, 11) is 0. The zero-order valence-corrected chi connectivity index (χ0v) is 16.3. The van der Waals surface area contributed by atoms with Crippen LogP contribution in [0, 0.1) is 0 Å². The predicted molar refractivity (Wildman–Crippen MR) is 105 cm³/mol. The lowest BCUT2D eigenvalue weighted by atomic mass is 9.98. The highest BCUT2D eigenvalue weighted by Gasteiger charge is 2.41. The molecule has 2 atom stereocenters. The van der Waals surface area contributed by atoms with Gasteiger partial charge in [0.05, 0.1) is 12.7 Å². The number of aromatic nitrogens is 3. The summed E-state index contributed by atoms with van der Waals surface area (Å²) in [5.74, 6) is -0.999. The van der Waals surface area contributed by atoms with Gasteiger partial charge in [-0.25, -0.2) is 9.67 Å². The van der Waals surface area contributed by atoms with E-state index in [2.05, 4.69) is 10.1 Å². The van der Waals surface area contributed by atoms with E-state index in [0.717, 1.165) is 23.1 Å². The number of nitrogens with zero attached hydrogens (tertiary/aromatic N) is 3. The van der Waals surface area contributed by atoms with Crippen molar-refractivity contribution in [3.63, 3.8) is 0 Å². The van der Waals surface area contributed by atoms with Crippen LogP contribution >= 0.6 is 23.2 Å². The fraction of sp³-hybridized carbons (Fsp3) is 0.300. The van der Waals surface area contributed by atoms with E-state index in [9.17, 15) is 0 Å². The van der Waals surface area contributed by atoms with Gasteiger partial charge in [0.15, 0.2) is 0 Å². The highest BCUT2D eigenvalue weighted by atomic mass is 35.5. The van der Waals surface area contributed by atoms with E-state index in [-0.39, 0.29) is 6.10 Å². The third-order valence-electron chi connectivity index (χ3n) is 4.64. The summed E-state index contributed by atoms with van der Waals surface area (Å²) in [6, 6.07) is 13.6. The first-order valence-electron chi connectivity index (χ1n) is 8.76. The van der Waals surface area contributed by atoms with Crippen LogP contribution in [-0.4, -0.2) is 27.5 Å². The molecule has 1 fully saturated rings. The molecule has 1 aliphatic rings. The minimum absolute atomic E-state index is 0.0503. The minimum Gasteiger partial charge on any atom is -0.344 e. The molecule has 1 aliphatic heterocycles. The third kappa shape index (κ3) is 3.87. The molecule has 1 aromatic heterocycles. The topological polar surface area (TPSA) is 49.2 Å². The van der Waals surface area contributed by atoms with Gasteiger partial charge in [0.2, 0.25) is 5.79 Å². The average Bonchev–Trinajstić information content (AvgIpc) is 3.15. The first kappa shape index (κ1) is 18.4. The summed E-state index contributed by atoms with van der Waals surface area (Å²) in [5, 5.41) is 5.48. The summed E-state index contributed by atoms with van der Waals surface area (Å²) in [6.07, 6.45) is 4.02. The Balaban J connectivity index is 1.72. The van der Waals surface area contributed by atoms with Crippen molar-refractivity contribution >= 4 is 23.2 Å². The van der Waals surface area contributed by atoms with Crippen molar-refractivity contribution in [3.8, 4) is 11.1 Å². The van der Waals surface area contributed by atoms with E-state index in [1.54, 1.807) is 11.0 Å². The van der Waals surface area contributed by atoms with Crippen LogP contribution in [0.2, 0.25) is 10.0 Å². The lowest BCUT2D eigenvalue weighted by Crippen LogP contribution is -2.45. The van der Waals surface area contributed by atoms with Gasteiger partial charge in [0.1, 0.15) is 19.2 Å². The molecular weight excluding hydrogens is 385 g/mol. The van der Waals surface area contributed by atoms with Gasteiger partial charge >= 0.3 is 0 Å². The Morgan fingerprint density at radius 3 is 2.59 bits per heavy atom. The maximum atomic E-state index is 6.69. The molecular formula is C20H19Cl2N3O2. The van der Waals surface area contributed by atoms with Gasteiger partial charge in [-0.05, 0) is 42.7 Å². The SMILES string of the molecule is C[C@H]1CCO[C@](Cn2cncn2)(c2ccc(-c3ccc(Cl)cc3)cc2Cl)O1. The number of halogens is 2. The second-order valence-corrected chi connectivity index (χ2v) is 7.46. The number of ether oxygens (including phenoxy) is 2. The van der Waals surface area contributed by atoms with Crippen LogP contribution < -0.4 is 0 Å². The van der Waals surface area contributed by atoms with E-state index in [1.807, 2.05) is 49.4 Å². The summed E-state index contributed by atoms with van der Waals surface area (Å²) < 4.78 is 14.1. The molecule has 2 aromatic carbocycles. The van der Waals surface area contributed by atoms with E-state index < -0.39 is 5.79 Å². The molecule has 4 rings (SSSR count). The lowest BCUT2D eigenvalue weighted by Gasteiger charge is -2.40. The smallest absolute Gasteiger partial charge is 0.216 e. The molecule has 27 heavy (non-hydrogen) atoms. The molecule has 0 bridgehead atoms. The number of hydrogen-bond donors (Lipinski definition) is 0. The average molecular weight is 404 g/mol. The molecule has 3 aromatic rings. The first-order chi connectivity index (χ1) is 13.1. The van der Waals surface area contributed by atoms with Gasteiger partial charge in [-0.3, -0.25) is 0 Å². The largest absolute Gasteiger partial charge is 0.344 e. The summed E-state index contributed by atoms with van der Waals surface area (Å²) in [5.41, 5.74) is 2.82. The Morgan fingerprint density at radius 1 is 1.15 bits per heavy atom. The molecule has 0 radical (unpaired) electrons. The van der Waals surface area contributed by atoms with Crippen LogP contribution in [0.25, 0.3) is 11.1 Å². The molecule has 0 amide bonds. The summed E-state index contributed by atoms with van der Waals surface area (Å²) in [6.45, 7) is 3.00. The summed E-state index contributed by atoms with van der Waals surface area (Å²) >= 11 is 12.7. The molecule has 2 heterocycles. The maximum absolute atomic E-state index is 6.69. The van der Waals surface area contributed by atoms with Gasteiger partial charge in [-0.1, -0.05) is 47.5 Å². The van der Waals surface area contributed by atoms with Crippen molar-refractivity contribution in [1.29, 1.82) is 0 Å². The fourth-order valence-corrected chi connectivity index (χ4v) is 3.74. The van der Waals surface area contributed by atoms with E-state index in [1.165, 1.54) is 6.33 Å². The molecule has 7 heteroatoms. The van der Waals surface area contributed by atoms with Crippen LogP contribution in [0.4, 0.5) is 0 Å². The normalized spacial score (nSPS) is 22.7. The number of hydrogen-bond acceptors (Lipinski definition) is 4. The van der Waals surface area contributed by atoms with Crippen molar-refractivity contribution in [2.24, 2.45) is 0 Å². The van der Waals surface area contributed by atoms with Crippen molar-refractivity contribution in [2.75, 3.05) is 6.61 Å². The van der Waals surface area contributed by atoms with Crippen molar-refractivity contribution in [1.82, 2.24) is 14.8 Å². The molecule has 0 unspecified atom stereocenters. The van der Waals surface area contributed by atoms with E-state index >= 15 is 0 Å². The fourth-order valence-electron chi connectivity index (χ4n) is 3.29. The van der Waals surface area contributed by atoms with Gasteiger partial charge < -0.3 is 9.47 Å². The molecule has 0 spiro atoms. The maximum Gasteiger partial charge on any atom is 0.216 e. The van der Waals surface area contributed by atoms with Crippen LogP contribution in [0.5, 0.6) is 0 Å². The van der Waals surface area contributed by atoms with Crippen molar-refractivity contribution in [2.45, 2.75) is 31.8 Å². The minimum atomic E-state index is -0.999. The number of rotatable bonds is 4. The van der Waals surface area contributed by atoms with Crippen LogP contribution in [0.3, 0.4) is 0 Å². The Labute approximate surface area is 167 Å². The Morgan fingerprint density at radius 2 is 1.93 bits per heavy atom. The molecule has 1 saturated heterocycles. The Kier molecular flexibility index (Phi) is 5.19. The van der Waals surface area contributed by atoms with Crippen LogP contribution in [0.15, 0.2) is 55.1 Å². The van der Waals surface area contributed by atoms with Gasteiger partial charge in [0, 0.05) is 15.6 Å². The monoisotopic (exact) mass is 403 g/mol. The standard InChI is InChI=1S/C20H19Cl2N3O2/c1-14-8-9-26-20(27-14,11-25-13-23-12-24-25)18-7-4-16(10-19(18)22)15-2-5-17(21)6-3-15/h2-7,10,12-14H,8-9,11H2,1H3/t14-,20-/m0/s1.